The van der Waals surface area contributed by atoms with E-state index in [0.717, 1.165) is 4.47 Å². The molecule has 2 rings (SSSR count). The Morgan fingerprint density at radius 2 is 1.31 bits per heavy atom. The topological polar surface area (TPSA) is 0 Å². The normalized spacial score (nSPS) is 10.8. The minimum Gasteiger partial charge on any atom is -0.0616 e. The molecule has 2 aromatic carbocycles. The van der Waals surface area contributed by atoms with Gasteiger partial charge in [0.1, 0.15) is 0 Å². The highest BCUT2D eigenvalue weighted by atomic mass is 79.9. The number of benzene rings is 2. The van der Waals surface area contributed by atoms with Crippen molar-refractivity contribution in [2.75, 3.05) is 0 Å². The molecule has 0 saturated carbocycles. The van der Waals surface area contributed by atoms with E-state index in [1.165, 1.54) is 16.4 Å². The molecule has 0 radical (unpaired) electrons. The van der Waals surface area contributed by atoms with Crippen molar-refractivity contribution in [1.82, 2.24) is 0 Å². The average molecular weight is 423 g/mol. The second-order valence-corrected chi connectivity index (χ2v) is 12.1. The summed E-state index contributed by atoms with van der Waals surface area (Å²) in [6, 6.07) is 16.7. The van der Waals surface area contributed by atoms with E-state index in [9.17, 15) is 0 Å². The molecule has 0 atom stereocenters. The summed E-state index contributed by atoms with van der Waals surface area (Å²) in [6.45, 7) is 0. The molecule has 4 heteroatoms. The maximum Gasteiger partial charge on any atom is 0.0660 e. The number of halogens is 3. The zero-order chi connectivity index (χ0) is 11.5. The maximum absolute atomic E-state index is 3.62. The van der Waals surface area contributed by atoms with Crippen LogP contribution in [0.15, 0.2) is 53.0 Å². The zero-order valence-electron chi connectivity index (χ0n) is 8.20. The van der Waals surface area contributed by atoms with Crippen LogP contribution < -0.4 is 5.30 Å². The molecule has 0 fully saturated rings. The Balaban J connectivity index is 2.60. The van der Waals surface area contributed by atoms with Gasteiger partial charge in [-0.25, -0.2) is 0 Å². The molecule has 82 valence electrons. The number of hydrogen-bond acceptors (Lipinski definition) is 0. The lowest BCUT2D eigenvalue weighted by Gasteiger charge is -2.11. The van der Waals surface area contributed by atoms with Gasteiger partial charge in [0.05, 0.1) is 5.33 Å². The first-order valence-corrected chi connectivity index (χ1v) is 10.8. The predicted molar refractivity (Wildman–Crippen MR) is 84.0 cm³/mol. The second-order valence-electron chi connectivity index (χ2n) is 3.23. The van der Waals surface area contributed by atoms with Gasteiger partial charge in [0.15, 0.2) is 0 Å². The van der Waals surface area contributed by atoms with Crippen LogP contribution in [0.1, 0.15) is 0 Å². The summed E-state index contributed by atoms with van der Waals surface area (Å²) < 4.78 is 1.12. The monoisotopic (exact) mass is 420 g/mol. The summed E-state index contributed by atoms with van der Waals surface area (Å²) in [5.74, 6) is 0. The standard InChI is InChI=1S/C12H8Br3P/c13-11-7-3-1-5-9(11)10-6-2-4-8-12(10)16(14)15/h1-8H. The molecule has 0 bridgehead atoms. The van der Waals surface area contributed by atoms with Gasteiger partial charge < -0.3 is 0 Å². The van der Waals surface area contributed by atoms with E-state index in [2.05, 4.69) is 89.4 Å². The summed E-state index contributed by atoms with van der Waals surface area (Å²) in [5, 5.41) is 0.848. The van der Waals surface area contributed by atoms with Crippen molar-refractivity contribution in [2.24, 2.45) is 0 Å². The molecule has 0 nitrogen and oxygen atoms in total. The van der Waals surface area contributed by atoms with Gasteiger partial charge in [0, 0.05) is 9.78 Å². The van der Waals surface area contributed by atoms with E-state index in [0.29, 0.717) is 0 Å². The van der Waals surface area contributed by atoms with E-state index >= 15 is 0 Å². The van der Waals surface area contributed by atoms with Crippen LogP contribution in [0.3, 0.4) is 0 Å². The highest BCUT2D eigenvalue weighted by molar-refractivity contribution is 9.70. The lowest BCUT2D eigenvalue weighted by Crippen LogP contribution is -1.99. The van der Waals surface area contributed by atoms with Gasteiger partial charge in [-0.05, 0) is 48.2 Å². The summed E-state index contributed by atoms with van der Waals surface area (Å²) in [5.41, 5.74) is 2.49. The van der Waals surface area contributed by atoms with Gasteiger partial charge in [-0.3, -0.25) is 0 Å². The van der Waals surface area contributed by atoms with Crippen molar-refractivity contribution in [3.63, 3.8) is 0 Å². The van der Waals surface area contributed by atoms with E-state index in [1.807, 2.05) is 6.07 Å². The van der Waals surface area contributed by atoms with Crippen LogP contribution >= 0.6 is 52.2 Å². The zero-order valence-corrected chi connectivity index (χ0v) is 13.9. The van der Waals surface area contributed by atoms with Crippen molar-refractivity contribution in [3.8, 4) is 11.1 Å². The number of rotatable bonds is 2. The molecular formula is C12H8Br3P. The Bertz CT molecular complexity index is 497. The third-order valence-electron chi connectivity index (χ3n) is 2.25. The first-order chi connectivity index (χ1) is 7.70. The number of hydrogen-bond donors (Lipinski definition) is 0. The lowest BCUT2D eigenvalue weighted by molar-refractivity contribution is 1.61. The van der Waals surface area contributed by atoms with Crippen molar-refractivity contribution < 1.29 is 0 Å². The van der Waals surface area contributed by atoms with Gasteiger partial charge >= 0.3 is 0 Å². The van der Waals surface area contributed by atoms with Crippen molar-refractivity contribution in [2.45, 2.75) is 0 Å². The van der Waals surface area contributed by atoms with Crippen LogP contribution in [0.25, 0.3) is 11.1 Å². The quantitative estimate of drug-likeness (QED) is 0.533. The van der Waals surface area contributed by atoms with Crippen molar-refractivity contribution >= 4 is 57.5 Å². The largest absolute Gasteiger partial charge is 0.0660 e. The third kappa shape index (κ3) is 2.76. The SMILES string of the molecule is Brc1ccccc1-c1ccccc1P(Br)Br. The molecule has 0 aromatic heterocycles. The minimum atomic E-state index is -0.448. The van der Waals surface area contributed by atoms with E-state index in [4.69, 9.17) is 0 Å². The molecule has 0 aliphatic carbocycles. The molecule has 0 spiro atoms. The highest BCUT2D eigenvalue weighted by Crippen LogP contribution is 2.52. The van der Waals surface area contributed by atoms with Crippen LogP contribution in [0.2, 0.25) is 0 Å². The first kappa shape index (κ1) is 12.8. The molecule has 0 heterocycles. The van der Waals surface area contributed by atoms with Gasteiger partial charge in [-0.1, -0.05) is 58.4 Å². The summed E-state index contributed by atoms with van der Waals surface area (Å²) >= 11 is 10.8. The van der Waals surface area contributed by atoms with Crippen molar-refractivity contribution in [1.29, 1.82) is 0 Å². The second kappa shape index (κ2) is 5.77. The van der Waals surface area contributed by atoms with Gasteiger partial charge in [0.25, 0.3) is 0 Å². The Morgan fingerprint density at radius 3 is 1.94 bits per heavy atom. The third-order valence-corrected chi connectivity index (χ3v) is 5.99. The van der Waals surface area contributed by atoms with E-state index < -0.39 is 5.33 Å². The summed E-state index contributed by atoms with van der Waals surface area (Å²) in [4.78, 5) is 0. The van der Waals surface area contributed by atoms with E-state index in [1.54, 1.807) is 0 Å². The molecule has 0 unspecified atom stereocenters. The molecule has 0 N–H and O–H groups in total. The van der Waals surface area contributed by atoms with Crippen LogP contribution in [-0.2, 0) is 0 Å². The van der Waals surface area contributed by atoms with Crippen LogP contribution in [0.5, 0.6) is 0 Å². The average Bonchev–Trinajstić information content (AvgIpc) is 2.29. The minimum absolute atomic E-state index is 0.448. The Morgan fingerprint density at radius 1 is 0.750 bits per heavy atom. The van der Waals surface area contributed by atoms with Gasteiger partial charge in [-0.2, -0.15) is 0 Å². The van der Waals surface area contributed by atoms with Crippen LogP contribution in [0.4, 0.5) is 0 Å². The van der Waals surface area contributed by atoms with Gasteiger partial charge in [-0.15, -0.1) is 0 Å². The fourth-order valence-corrected chi connectivity index (χ4v) is 4.46. The van der Waals surface area contributed by atoms with E-state index in [-0.39, 0.29) is 0 Å². The Kier molecular flexibility index (Phi) is 4.60. The summed E-state index contributed by atoms with van der Waals surface area (Å²) in [6.07, 6.45) is 0. The highest BCUT2D eigenvalue weighted by Gasteiger charge is 2.11. The Hall–Kier alpha value is 0.310. The lowest BCUT2D eigenvalue weighted by atomic mass is 10.1. The molecular weight excluding hydrogens is 415 g/mol. The molecule has 2 aromatic rings. The molecule has 0 saturated heterocycles. The fraction of sp³-hybridized carbons (Fsp3) is 0. The molecule has 0 amide bonds. The van der Waals surface area contributed by atoms with Gasteiger partial charge in [0.2, 0.25) is 0 Å². The molecule has 16 heavy (non-hydrogen) atoms. The molecule has 0 aliphatic rings. The van der Waals surface area contributed by atoms with Crippen LogP contribution in [0, 0.1) is 0 Å². The molecule has 0 aliphatic heterocycles. The summed E-state index contributed by atoms with van der Waals surface area (Å²) in [7, 11) is 0. The fourth-order valence-electron chi connectivity index (χ4n) is 1.53. The van der Waals surface area contributed by atoms with Crippen molar-refractivity contribution in [3.05, 3.63) is 53.0 Å². The predicted octanol–water partition coefficient (Wildman–Crippen LogP) is 5.84. The van der Waals surface area contributed by atoms with Crippen LogP contribution in [-0.4, -0.2) is 0 Å². The maximum atomic E-state index is 3.62. The first-order valence-electron chi connectivity index (χ1n) is 4.66. The Labute approximate surface area is 121 Å². The smallest absolute Gasteiger partial charge is 0.0616 e.